The van der Waals surface area contributed by atoms with Gasteiger partial charge in [0, 0.05) is 36.6 Å². The molecule has 2 heterocycles. The zero-order chi connectivity index (χ0) is 12.3. The van der Waals surface area contributed by atoms with Crippen LogP contribution < -0.4 is 5.73 Å². The molecule has 2 atom stereocenters. The van der Waals surface area contributed by atoms with Gasteiger partial charge in [-0.05, 0) is 38.3 Å². The van der Waals surface area contributed by atoms with Crippen molar-refractivity contribution >= 4 is 5.91 Å². The SMILES string of the molecule is CC1CCCC(CN)N1C(=O)c1ccncc1. The monoisotopic (exact) mass is 233 g/mol. The van der Waals surface area contributed by atoms with Crippen LogP contribution in [0.4, 0.5) is 0 Å². The second-order valence-corrected chi connectivity index (χ2v) is 4.62. The molecular weight excluding hydrogens is 214 g/mol. The number of carbonyl (C=O) groups is 1. The third-order valence-corrected chi connectivity index (χ3v) is 3.46. The highest BCUT2D eigenvalue weighted by atomic mass is 16.2. The second-order valence-electron chi connectivity index (χ2n) is 4.62. The van der Waals surface area contributed by atoms with E-state index in [0.29, 0.717) is 12.1 Å². The number of rotatable bonds is 2. The molecule has 1 aliphatic rings. The number of hydrogen-bond donors (Lipinski definition) is 1. The van der Waals surface area contributed by atoms with Crippen molar-refractivity contribution < 1.29 is 4.79 Å². The minimum atomic E-state index is 0.0788. The van der Waals surface area contributed by atoms with Gasteiger partial charge >= 0.3 is 0 Å². The van der Waals surface area contributed by atoms with Gasteiger partial charge in [-0.25, -0.2) is 0 Å². The van der Waals surface area contributed by atoms with Crippen LogP contribution in [0.25, 0.3) is 0 Å². The van der Waals surface area contributed by atoms with E-state index in [1.165, 1.54) is 0 Å². The first-order chi connectivity index (χ1) is 8.24. The lowest BCUT2D eigenvalue weighted by Gasteiger charge is -2.40. The fourth-order valence-corrected chi connectivity index (χ4v) is 2.53. The van der Waals surface area contributed by atoms with E-state index in [1.54, 1.807) is 24.5 Å². The highest BCUT2D eigenvalue weighted by Gasteiger charge is 2.31. The Bertz CT molecular complexity index is 380. The largest absolute Gasteiger partial charge is 0.332 e. The van der Waals surface area contributed by atoms with E-state index in [1.807, 2.05) is 4.90 Å². The zero-order valence-electron chi connectivity index (χ0n) is 10.2. The molecule has 0 radical (unpaired) electrons. The van der Waals surface area contributed by atoms with Crippen molar-refractivity contribution in [1.29, 1.82) is 0 Å². The van der Waals surface area contributed by atoms with E-state index in [9.17, 15) is 4.79 Å². The van der Waals surface area contributed by atoms with Gasteiger partial charge in [0.2, 0.25) is 0 Å². The average Bonchev–Trinajstić information content (AvgIpc) is 2.38. The lowest BCUT2D eigenvalue weighted by atomic mass is 9.95. The van der Waals surface area contributed by atoms with Crippen LogP contribution in [-0.4, -0.2) is 34.4 Å². The molecule has 92 valence electrons. The van der Waals surface area contributed by atoms with Gasteiger partial charge in [0.1, 0.15) is 0 Å². The van der Waals surface area contributed by atoms with Crippen molar-refractivity contribution in [2.45, 2.75) is 38.3 Å². The summed E-state index contributed by atoms with van der Waals surface area (Å²) in [5.74, 6) is 0.0788. The number of hydrogen-bond acceptors (Lipinski definition) is 3. The first kappa shape index (κ1) is 12.0. The Morgan fingerprint density at radius 3 is 2.82 bits per heavy atom. The first-order valence-electron chi connectivity index (χ1n) is 6.16. The molecule has 0 saturated carbocycles. The van der Waals surface area contributed by atoms with Crippen LogP contribution in [0.1, 0.15) is 36.5 Å². The number of likely N-dealkylation sites (tertiary alicyclic amines) is 1. The first-order valence-corrected chi connectivity index (χ1v) is 6.16. The van der Waals surface area contributed by atoms with Gasteiger partial charge in [-0.2, -0.15) is 0 Å². The molecule has 4 heteroatoms. The molecule has 2 N–H and O–H groups in total. The molecule has 0 bridgehead atoms. The Balaban J connectivity index is 2.21. The molecule has 2 rings (SSSR count). The lowest BCUT2D eigenvalue weighted by Crippen LogP contribution is -2.51. The van der Waals surface area contributed by atoms with Gasteiger partial charge in [0.25, 0.3) is 5.91 Å². The highest BCUT2D eigenvalue weighted by Crippen LogP contribution is 2.24. The minimum Gasteiger partial charge on any atom is -0.332 e. The summed E-state index contributed by atoms with van der Waals surface area (Å²) < 4.78 is 0. The van der Waals surface area contributed by atoms with Gasteiger partial charge < -0.3 is 10.6 Å². The van der Waals surface area contributed by atoms with E-state index in [4.69, 9.17) is 5.73 Å². The Hall–Kier alpha value is -1.42. The Labute approximate surface area is 102 Å². The summed E-state index contributed by atoms with van der Waals surface area (Å²) in [4.78, 5) is 18.3. The molecule has 1 fully saturated rings. The quantitative estimate of drug-likeness (QED) is 0.840. The van der Waals surface area contributed by atoms with Crippen molar-refractivity contribution in [2.24, 2.45) is 5.73 Å². The maximum atomic E-state index is 12.4. The fourth-order valence-electron chi connectivity index (χ4n) is 2.53. The molecule has 4 nitrogen and oxygen atoms in total. The van der Waals surface area contributed by atoms with Crippen molar-refractivity contribution in [2.75, 3.05) is 6.54 Å². The van der Waals surface area contributed by atoms with E-state index in [2.05, 4.69) is 11.9 Å². The van der Waals surface area contributed by atoms with Gasteiger partial charge in [0.05, 0.1) is 0 Å². The summed E-state index contributed by atoms with van der Waals surface area (Å²) in [7, 11) is 0. The van der Waals surface area contributed by atoms with Crippen LogP contribution in [0.15, 0.2) is 24.5 Å². The van der Waals surface area contributed by atoms with Gasteiger partial charge in [0.15, 0.2) is 0 Å². The predicted molar refractivity (Wildman–Crippen MR) is 66.6 cm³/mol. The molecule has 1 aliphatic heterocycles. The third kappa shape index (κ3) is 2.47. The summed E-state index contributed by atoms with van der Waals surface area (Å²) in [6.45, 7) is 2.64. The van der Waals surface area contributed by atoms with Crippen LogP contribution in [0.2, 0.25) is 0 Å². The topological polar surface area (TPSA) is 59.2 Å². The Morgan fingerprint density at radius 1 is 1.47 bits per heavy atom. The van der Waals surface area contributed by atoms with E-state index >= 15 is 0 Å². The van der Waals surface area contributed by atoms with Gasteiger partial charge in [-0.15, -0.1) is 0 Å². The van der Waals surface area contributed by atoms with Crippen LogP contribution >= 0.6 is 0 Å². The maximum absolute atomic E-state index is 12.4. The number of nitrogens with zero attached hydrogens (tertiary/aromatic N) is 2. The Kier molecular flexibility index (Phi) is 3.74. The van der Waals surface area contributed by atoms with Crippen LogP contribution in [0.5, 0.6) is 0 Å². The third-order valence-electron chi connectivity index (χ3n) is 3.46. The standard InChI is InChI=1S/C13H19N3O/c1-10-3-2-4-12(9-14)16(10)13(17)11-5-7-15-8-6-11/h5-8,10,12H,2-4,9,14H2,1H3. The molecule has 0 aromatic carbocycles. The van der Waals surface area contributed by atoms with Gasteiger partial charge in [-0.1, -0.05) is 0 Å². The normalized spacial score (nSPS) is 24.7. The average molecular weight is 233 g/mol. The predicted octanol–water partition coefficient (Wildman–Crippen LogP) is 1.42. The van der Waals surface area contributed by atoms with Crippen molar-refractivity contribution in [3.8, 4) is 0 Å². The number of pyridine rings is 1. The summed E-state index contributed by atoms with van der Waals surface area (Å²) >= 11 is 0. The number of carbonyl (C=O) groups excluding carboxylic acids is 1. The van der Waals surface area contributed by atoms with Crippen LogP contribution in [-0.2, 0) is 0 Å². The molecule has 1 aromatic rings. The van der Waals surface area contributed by atoms with Gasteiger partial charge in [-0.3, -0.25) is 9.78 Å². The Morgan fingerprint density at radius 2 is 2.18 bits per heavy atom. The maximum Gasteiger partial charge on any atom is 0.254 e. The summed E-state index contributed by atoms with van der Waals surface area (Å²) in [5, 5.41) is 0. The van der Waals surface area contributed by atoms with Crippen molar-refractivity contribution in [3.05, 3.63) is 30.1 Å². The molecule has 0 spiro atoms. The number of nitrogens with two attached hydrogens (primary N) is 1. The van der Waals surface area contributed by atoms with Crippen molar-refractivity contribution in [1.82, 2.24) is 9.88 Å². The van der Waals surface area contributed by atoms with Crippen molar-refractivity contribution in [3.63, 3.8) is 0 Å². The van der Waals surface area contributed by atoms with E-state index in [-0.39, 0.29) is 18.0 Å². The fraction of sp³-hybridized carbons (Fsp3) is 0.538. The van der Waals surface area contributed by atoms with E-state index < -0.39 is 0 Å². The summed E-state index contributed by atoms with van der Waals surface area (Å²) in [6.07, 6.45) is 6.53. The second kappa shape index (κ2) is 5.27. The highest BCUT2D eigenvalue weighted by molar-refractivity contribution is 5.94. The van der Waals surface area contributed by atoms with E-state index in [0.717, 1.165) is 19.3 Å². The summed E-state index contributed by atoms with van der Waals surface area (Å²) in [5.41, 5.74) is 6.47. The molecule has 17 heavy (non-hydrogen) atoms. The summed E-state index contributed by atoms with van der Waals surface area (Å²) in [6, 6.07) is 3.98. The number of aromatic nitrogens is 1. The van der Waals surface area contributed by atoms with Crippen LogP contribution in [0.3, 0.4) is 0 Å². The van der Waals surface area contributed by atoms with Crippen LogP contribution in [0, 0.1) is 0 Å². The lowest BCUT2D eigenvalue weighted by molar-refractivity contribution is 0.0494. The molecular formula is C13H19N3O. The molecule has 1 aromatic heterocycles. The minimum absolute atomic E-state index is 0.0788. The smallest absolute Gasteiger partial charge is 0.254 e. The number of piperidine rings is 1. The molecule has 1 amide bonds. The molecule has 2 unspecified atom stereocenters. The molecule has 0 aliphatic carbocycles. The molecule has 1 saturated heterocycles. The number of amides is 1. The zero-order valence-corrected chi connectivity index (χ0v) is 10.2.